The Morgan fingerprint density at radius 3 is 2.34 bits per heavy atom. The second-order valence-corrected chi connectivity index (χ2v) is 11.9. The molecule has 0 saturated heterocycles. The van der Waals surface area contributed by atoms with E-state index in [1.807, 2.05) is 46.8 Å². The first kappa shape index (κ1) is 27.8. The number of ether oxygens (including phenoxy) is 2. The van der Waals surface area contributed by atoms with E-state index in [1.54, 1.807) is 0 Å². The fraction of sp³-hybridized carbons (Fsp3) is 0.455. The highest BCUT2D eigenvalue weighted by Gasteiger charge is 2.45. The lowest BCUT2D eigenvalue weighted by Gasteiger charge is -2.35. The van der Waals surface area contributed by atoms with Crippen LogP contribution in [-0.4, -0.2) is 23.6 Å². The van der Waals surface area contributed by atoms with Crippen molar-refractivity contribution in [3.05, 3.63) is 83.4 Å². The van der Waals surface area contributed by atoms with Gasteiger partial charge in [0.25, 0.3) is 0 Å². The molecule has 3 atom stereocenters. The topological polar surface area (TPSA) is 64.6 Å². The number of hydrogen-bond donors (Lipinski definition) is 1. The first-order chi connectivity index (χ1) is 18.0. The fourth-order valence-electron chi connectivity index (χ4n) is 5.64. The smallest absolute Gasteiger partial charge is 0.310 e. The molecular formula is C33H41NO4. The summed E-state index contributed by atoms with van der Waals surface area (Å²) in [6, 6.07) is 23.1. The predicted molar refractivity (Wildman–Crippen MR) is 152 cm³/mol. The third kappa shape index (κ3) is 6.63. The fourth-order valence-corrected chi connectivity index (χ4v) is 5.64. The first-order valence-corrected chi connectivity index (χ1v) is 13.7. The molecule has 0 radical (unpaired) electrons. The summed E-state index contributed by atoms with van der Waals surface area (Å²) in [4.78, 5) is 25.3. The number of fused-ring (bicyclic) bond motifs is 1. The summed E-state index contributed by atoms with van der Waals surface area (Å²) in [7, 11) is 0. The zero-order valence-corrected chi connectivity index (χ0v) is 23.5. The highest BCUT2D eigenvalue weighted by molar-refractivity contribution is 5.86. The second kappa shape index (κ2) is 11.3. The number of carbonyl (C=O) groups is 2. The molecule has 0 amide bonds. The van der Waals surface area contributed by atoms with Gasteiger partial charge in [-0.2, -0.15) is 0 Å². The number of carbonyl (C=O) groups excluding carboxylic acids is 2. The van der Waals surface area contributed by atoms with Gasteiger partial charge in [0.05, 0.1) is 18.4 Å². The van der Waals surface area contributed by atoms with Crippen LogP contribution in [-0.2, 0) is 31.0 Å². The lowest BCUT2D eigenvalue weighted by molar-refractivity contribution is -0.160. The summed E-state index contributed by atoms with van der Waals surface area (Å²) in [5.41, 5.74) is 2.36. The Labute approximate surface area is 226 Å². The van der Waals surface area contributed by atoms with E-state index >= 15 is 0 Å². The molecule has 1 aliphatic rings. The van der Waals surface area contributed by atoms with Gasteiger partial charge in [-0.05, 0) is 88.3 Å². The molecular weight excluding hydrogens is 474 g/mol. The minimum Gasteiger partial charge on any atom is -0.463 e. The Balaban J connectivity index is 1.63. The Morgan fingerprint density at radius 1 is 0.974 bits per heavy atom. The van der Waals surface area contributed by atoms with E-state index in [0.717, 1.165) is 24.0 Å². The largest absolute Gasteiger partial charge is 0.463 e. The molecule has 5 nitrogen and oxygen atoms in total. The van der Waals surface area contributed by atoms with Crippen molar-refractivity contribution in [1.29, 1.82) is 0 Å². The van der Waals surface area contributed by atoms with Gasteiger partial charge in [0.1, 0.15) is 5.60 Å². The lowest BCUT2D eigenvalue weighted by atomic mass is 9.84. The van der Waals surface area contributed by atoms with E-state index in [2.05, 4.69) is 66.8 Å². The molecule has 0 aromatic heterocycles. The summed E-state index contributed by atoms with van der Waals surface area (Å²) < 4.78 is 11.1. The average Bonchev–Trinajstić information content (AvgIpc) is 3.28. The molecule has 3 aromatic rings. The van der Waals surface area contributed by atoms with Gasteiger partial charge < -0.3 is 14.8 Å². The van der Waals surface area contributed by atoms with Crippen molar-refractivity contribution in [1.82, 2.24) is 5.32 Å². The Hall–Kier alpha value is -3.18. The van der Waals surface area contributed by atoms with E-state index in [4.69, 9.17) is 9.47 Å². The van der Waals surface area contributed by atoms with Crippen molar-refractivity contribution in [3.8, 4) is 0 Å². The summed E-state index contributed by atoms with van der Waals surface area (Å²) in [6.45, 7) is 11.6. The summed E-state index contributed by atoms with van der Waals surface area (Å²) >= 11 is 0. The zero-order chi connectivity index (χ0) is 27.5. The zero-order valence-electron chi connectivity index (χ0n) is 23.5. The van der Waals surface area contributed by atoms with Crippen LogP contribution >= 0.6 is 0 Å². The van der Waals surface area contributed by atoms with Crippen LogP contribution < -0.4 is 5.32 Å². The predicted octanol–water partition coefficient (Wildman–Crippen LogP) is 7.02. The molecule has 1 fully saturated rings. The third-order valence-electron chi connectivity index (χ3n) is 7.26. The Morgan fingerprint density at radius 2 is 1.66 bits per heavy atom. The van der Waals surface area contributed by atoms with Crippen molar-refractivity contribution in [3.63, 3.8) is 0 Å². The molecule has 1 aliphatic carbocycles. The van der Waals surface area contributed by atoms with Crippen LogP contribution in [0.2, 0.25) is 0 Å². The number of hydrogen-bond acceptors (Lipinski definition) is 5. The molecule has 0 heterocycles. The minimum atomic E-state index is -0.516. The van der Waals surface area contributed by atoms with E-state index in [-0.39, 0.29) is 36.4 Å². The molecule has 38 heavy (non-hydrogen) atoms. The number of rotatable bonds is 8. The van der Waals surface area contributed by atoms with E-state index in [9.17, 15) is 9.59 Å². The van der Waals surface area contributed by atoms with E-state index in [1.165, 1.54) is 16.3 Å². The van der Waals surface area contributed by atoms with Gasteiger partial charge in [-0.15, -0.1) is 0 Å². The SMILES string of the molecule is CC(C)OC(=O)Cc1ccc([C@@]2(N[C@H](C)c3cccc4ccccc34)CC[C@H](C(=O)OC(C)(C)C)C2)cc1. The maximum Gasteiger partial charge on any atom is 0.310 e. The Kier molecular flexibility index (Phi) is 8.27. The highest BCUT2D eigenvalue weighted by atomic mass is 16.6. The first-order valence-electron chi connectivity index (χ1n) is 13.7. The van der Waals surface area contributed by atoms with Crippen molar-refractivity contribution < 1.29 is 19.1 Å². The number of esters is 2. The van der Waals surface area contributed by atoms with Crippen LogP contribution in [0.1, 0.15) is 83.5 Å². The second-order valence-electron chi connectivity index (χ2n) is 11.9. The normalized spacial score (nSPS) is 20.4. The summed E-state index contributed by atoms with van der Waals surface area (Å²) in [6.07, 6.45) is 2.35. The van der Waals surface area contributed by atoms with Crippen molar-refractivity contribution in [2.24, 2.45) is 5.92 Å². The molecule has 3 aromatic carbocycles. The van der Waals surface area contributed by atoms with Crippen LogP contribution in [0.15, 0.2) is 66.7 Å². The van der Waals surface area contributed by atoms with Gasteiger partial charge in [-0.25, -0.2) is 0 Å². The third-order valence-corrected chi connectivity index (χ3v) is 7.26. The number of benzene rings is 3. The number of nitrogens with one attached hydrogen (secondary N) is 1. The summed E-state index contributed by atoms with van der Waals surface area (Å²) in [5.74, 6) is -0.537. The van der Waals surface area contributed by atoms with Crippen molar-refractivity contribution in [2.75, 3.05) is 0 Å². The molecule has 4 rings (SSSR count). The van der Waals surface area contributed by atoms with Crippen LogP contribution in [0.3, 0.4) is 0 Å². The van der Waals surface area contributed by atoms with Crippen molar-refractivity contribution >= 4 is 22.7 Å². The molecule has 202 valence electrons. The maximum absolute atomic E-state index is 13.1. The van der Waals surface area contributed by atoms with Gasteiger partial charge in [0.2, 0.25) is 0 Å². The lowest BCUT2D eigenvalue weighted by Crippen LogP contribution is -2.42. The van der Waals surface area contributed by atoms with Crippen molar-refractivity contribution in [2.45, 2.75) is 90.5 Å². The molecule has 0 spiro atoms. The Bertz CT molecular complexity index is 1270. The average molecular weight is 516 g/mol. The highest BCUT2D eigenvalue weighted by Crippen LogP contribution is 2.45. The van der Waals surface area contributed by atoms with Crippen LogP contribution in [0, 0.1) is 5.92 Å². The van der Waals surface area contributed by atoms with Crippen LogP contribution in [0.4, 0.5) is 0 Å². The van der Waals surface area contributed by atoms with E-state index < -0.39 is 11.1 Å². The molecule has 0 aliphatic heterocycles. The molecule has 1 N–H and O–H groups in total. The van der Waals surface area contributed by atoms with Crippen LogP contribution in [0.5, 0.6) is 0 Å². The summed E-state index contributed by atoms with van der Waals surface area (Å²) in [5, 5.41) is 6.39. The van der Waals surface area contributed by atoms with Gasteiger partial charge >= 0.3 is 11.9 Å². The van der Waals surface area contributed by atoms with Gasteiger partial charge in [0, 0.05) is 11.6 Å². The quantitative estimate of drug-likeness (QED) is 0.327. The molecule has 0 unspecified atom stereocenters. The van der Waals surface area contributed by atoms with Gasteiger partial charge in [-0.3, -0.25) is 9.59 Å². The van der Waals surface area contributed by atoms with Gasteiger partial charge in [-0.1, -0.05) is 66.7 Å². The molecule has 1 saturated carbocycles. The monoisotopic (exact) mass is 515 g/mol. The standard InChI is InChI=1S/C33H41NO4/c1-22(2)37-30(35)20-24-14-16-27(17-15-24)33(19-18-26(21-33)31(36)38-32(4,5)6)34-23(3)28-13-9-11-25-10-7-8-12-29(25)28/h7-17,22-23,26,34H,18-21H2,1-6H3/t23-,26+,33-/m1/s1. The van der Waals surface area contributed by atoms with E-state index in [0.29, 0.717) is 6.42 Å². The maximum atomic E-state index is 13.1. The van der Waals surface area contributed by atoms with Gasteiger partial charge in [0.15, 0.2) is 0 Å². The molecule has 5 heteroatoms. The minimum absolute atomic E-state index is 0.0548. The molecule has 0 bridgehead atoms. The van der Waals surface area contributed by atoms with Crippen LogP contribution in [0.25, 0.3) is 10.8 Å².